The Labute approximate surface area is 160 Å². The van der Waals surface area contributed by atoms with Crippen LogP contribution in [0.2, 0.25) is 0 Å². The molecule has 0 unspecified atom stereocenters. The minimum atomic E-state index is -1.32. The number of hydrogen-bond donors (Lipinski definition) is 3. The molecule has 0 heterocycles. The monoisotopic (exact) mass is 386 g/mol. The summed E-state index contributed by atoms with van der Waals surface area (Å²) in [5.74, 6) is -2.34. The van der Waals surface area contributed by atoms with Crippen LogP contribution in [-0.4, -0.2) is 41.5 Å². The minimum Gasteiger partial charge on any atom is -0.504 e. The molecule has 0 saturated carbocycles. The van der Waals surface area contributed by atoms with Crippen molar-refractivity contribution >= 4 is 24.1 Å². The third-order valence-electron chi connectivity index (χ3n) is 3.54. The maximum absolute atomic E-state index is 11.6. The van der Waals surface area contributed by atoms with Crippen LogP contribution in [0, 0.1) is 0 Å². The van der Waals surface area contributed by atoms with Gasteiger partial charge in [0.2, 0.25) is 5.76 Å². The average molecular weight is 386 g/mol. The van der Waals surface area contributed by atoms with Crippen LogP contribution < -0.4 is 14.2 Å². The quantitative estimate of drug-likeness (QED) is 0.467. The van der Waals surface area contributed by atoms with E-state index >= 15 is 0 Å². The Hall–Kier alpha value is -3.94. The van der Waals surface area contributed by atoms with E-state index in [1.807, 2.05) is 0 Å². The van der Waals surface area contributed by atoms with E-state index in [-0.39, 0.29) is 28.8 Å². The molecule has 0 spiro atoms. The summed E-state index contributed by atoms with van der Waals surface area (Å²) >= 11 is 0. The van der Waals surface area contributed by atoms with Gasteiger partial charge in [0, 0.05) is 6.08 Å². The molecule has 0 bridgehead atoms. The number of rotatable bonds is 8. The predicted octanol–water partition coefficient (Wildman–Crippen LogP) is 3.01. The Kier molecular flexibility index (Phi) is 6.64. The zero-order valence-corrected chi connectivity index (χ0v) is 15.1. The predicted molar refractivity (Wildman–Crippen MR) is 101 cm³/mol. The molecule has 8 nitrogen and oxygen atoms in total. The van der Waals surface area contributed by atoms with E-state index in [4.69, 9.17) is 19.3 Å². The number of carbonyl (C=O) groups is 2. The number of aliphatic carboxylic acids is 2. The number of phenolic OH excluding ortho intramolecular Hbond substituents is 1. The highest BCUT2D eigenvalue weighted by molar-refractivity contribution is 5.90. The fourth-order valence-corrected chi connectivity index (χ4v) is 2.23. The highest BCUT2D eigenvalue weighted by Crippen LogP contribution is 2.31. The Morgan fingerprint density at radius 3 is 2.14 bits per heavy atom. The van der Waals surface area contributed by atoms with Gasteiger partial charge in [-0.25, -0.2) is 9.59 Å². The lowest BCUT2D eigenvalue weighted by Gasteiger charge is -2.12. The van der Waals surface area contributed by atoms with Gasteiger partial charge in [0.15, 0.2) is 23.0 Å². The van der Waals surface area contributed by atoms with Crippen LogP contribution >= 0.6 is 0 Å². The van der Waals surface area contributed by atoms with E-state index < -0.39 is 11.9 Å². The number of hydrogen-bond acceptors (Lipinski definition) is 6. The van der Waals surface area contributed by atoms with Crippen molar-refractivity contribution in [3.63, 3.8) is 0 Å². The number of methoxy groups -OCH3 is 2. The first-order chi connectivity index (χ1) is 13.3. The topological polar surface area (TPSA) is 123 Å². The molecule has 0 amide bonds. The van der Waals surface area contributed by atoms with E-state index in [1.165, 1.54) is 56.7 Å². The Balaban J connectivity index is 2.36. The van der Waals surface area contributed by atoms with Gasteiger partial charge in [0.05, 0.1) is 14.2 Å². The minimum absolute atomic E-state index is 0.0795. The van der Waals surface area contributed by atoms with Gasteiger partial charge < -0.3 is 29.5 Å². The summed E-state index contributed by atoms with van der Waals surface area (Å²) in [6, 6.07) is 8.86. The molecule has 2 aromatic carbocycles. The van der Waals surface area contributed by atoms with E-state index in [0.717, 1.165) is 6.08 Å². The molecule has 0 saturated heterocycles. The molecule has 8 heteroatoms. The summed E-state index contributed by atoms with van der Waals surface area (Å²) in [6.45, 7) is 0. The second-order valence-corrected chi connectivity index (χ2v) is 5.43. The number of aromatic hydroxyl groups is 1. The lowest BCUT2D eigenvalue weighted by atomic mass is 10.1. The number of benzene rings is 2. The zero-order valence-electron chi connectivity index (χ0n) is 15.1. The van der Waals surface area contributed by atoms with Crippen LogP contribution in [0.15, 0.2) is 48.2 Å². The molecular weight excluding hydrogens is 368 g/mol. The molecule has 2 aromatic rings. The molecule has 0 atom stereocenters. The van der Waals surface area contributed by atoms with Crippen LogP contribution in [0.5, 0.6) is 23.0 Å². The molecule has 28 heavy (non-hydrogen) atoms. The largest absolute Gasteiger partial charge is 0.504 e. The van der Waals surface area contributed by atoms with Crippen molar-refractivity contribution in [2.45, 2.75) is 0 Å². The molecule has 0 fully saturated rings. The first-order valence-corrected chi connectivity index (χ1v) is 7.93. The summed E-state index contributed by atoms with van der Waals surface area (Å²) in [5, 5.41) is 27.8. The van der Waals surface area contributed by atoms with Gasteiger partial charge in [-0.15, -0.1) is 0 Å². The van der Waals surface area contributed by atoms with Gasteiger partial charge in [0.1, 0.15) is 0 Å². The van der Waals surface area contributed by atoms with Crippen molar-refractivity contribution in [2.24, 2.45) is 0 Å². The van der Waals surface area contributed by atoms with Crippen LogP contribution in [0.3, 0.4) is 0 Å². The third-order valence-corrected chi connectivity index (χ3v) is 3.54. The maximum atomic E-state index is 11.6. The molecular formula is C20H18O8. The molecule has 146 valence electrons. The second-order valence-electron chi connectivity index (χ2n) is 5.43. The van der Waals surface area contributed by atoms with Crippen LogP contribution in [0.1, 0.15) is 11.1 Å². The van der Waals surface area contributed by atoms with Crippen LogP contribution in [0.4, 0.5) is 0 Å². The number of carboxylic acids is 2. The molecule has 0 aliphatic rings. The summed E-state index contributed by atoms with van der Waals surface area (Å²) in [6.07, 6.45) is 3.60. The Bertz CT molecular complexity index is 943. The van der Waals surface area contributed by atoms with Crippen molar-refractivity contribution in [3.8, 4) is 23.0 Å². The summed E-state index contributed by atoms with van der Waals surface area (Å²) in [7, 11) is 2.75. The number of carboxylic acid groups (broad SMARTS) is 2. The van der Waals surface area contributed by atoms with E-state index in [1.54, 1.807) is 6.07 Å². The SMILES string of the molecule is COc1cc(/C=C(/Oc2ccc(/C=C\C(=O)O)cc2OC)C(=O)O)ccc1O. The van der Waals surface area contributed by atoms with E-state index in [0.29, 0.717) is 11.1 Å². The van der Waals surface area contributed by atoms with Gasteiger partial charge in [-0.2, -0.15) is 0 Å². The first-order valence-electron chi connectivity index (χ1n) is 7.93. The molecule has 0 aliphatic heterocycles. The van der Waals surface area contributed by atoms with Crippen molar-refractivity contribution in [1.29, 1.82) is 0 Å². The summed E-state index contributed by atoms with van der Waals surface area (Å²) in [5.41, 5.74) is 0.975. The Morgan fingerprint density at radius 2 is 1.54 bits per heavy atom. The van der Waals surface area contributed by atoms with Gasteiger partial charge in [-0.3, -0.25) is 0 Å². The third kappa shape index (κ3) is 5.28. The van der Waals surface area contributed by atoms with E-state index in [2.05, 4.69) is 0 Å². The van der Waals surface area contributed by atoms with Crippen molar-refractivity contribution in [2.75, 3.05) is 14.2 Å². The van der Waals surface area contributed by atoms with Gasteiger partial charge >= 0.3 is 11.9 Å². The lowest BCUT2D eigenvalue weighted by molar-refractivity contribution is -0.135. The molecule has 0 aromatic heterocycles. The fraction of sp³-hybridized carbons (Fsp3) is 0.100. The average Bonchev–Trinajstić information content (AvgIpc) is 2.67. The number of ether oxygens (including phenoxy) is 3. The van der Waals surface area contributed by atoms with Crippen molar-refractivity contribution in [3.05, 3.63) is 59.4 Å². The fourth-order valence-electron chi connectivity index (χ4n) is 2.23. The van der Waals surface area contributed by atoms with Gasteiger partial charge in [-0.1, -0.05) is 12.1 Å². The normalized spacial score (nSPS) is 11.3. The molecule has 0 aliphatic carbocycles. The standard InChI is InChI=1S/C20H18O8/c1-26-16-10-13(3-6-14(16)21)11-18(20(24)25)28-15-7-4-12(5-8-19(22)23)9-17(15)27-2/h3-11,21H,1-2H3,(H,22,23)(H,24,25)/b8-5-,18-11+. The number of phenols is 1. The smallest absolute Gasteiger partial charge is 0.371 e. The lowest BCUT2D eigenvalue weighted by Crippen LogP contribution is -2.08. The summed E-state index contributed by atoms with van der Waals surface area (Å²) in [4.78, 5) is 22.2. The first kappa shape index (κ1) is 20.4. The highest BCUT2D eigenvalue weighted by atomic mass is 16.5. The van der Waals surface area contributed by atoms with Gasteiger partial charge in [-0.05, 0) is 47.5 Å². The van der Waals surface area contributed by atoms with Crippen molar-refractivity contribution < 1.29 is 39.1 Å². The second kappa shape index (κ2) is 9.13. The Morgan fingerprint density at radius 1 is 0.893 bits per heavy atom. The van der Waals surface area contributed by atoms with Gasteiger partial charge in [0.25, 0.3) is 0 Å². The van der Waals surface area contributed by atoms with Crippen LogP contribution in [0.25, 0.3) is 12.2 Å². The molecule has 0 radical (unpaired) electrons. The maximum Gasteiger partial charge on any atom is 0.371 e. The highest BCUT2D eigenvalue weighted by Gasteiger charge is 2.15. The van der Waals surface area contributed by atoms with E-state index in [9.17, 15) is 19.8 Å². The zero-order chi connectivity index (χ0) is 20.7. The molecule has 3 N–H and O–H groups in total. The van der Waals surface area contributed by atoms with Crippen molar-refractivity contribution in [1.82, 2.24) is 0 Å². The molecule has 2 rings (SSSR count). The summed E-state index contributed by atoms with van der Waals surface area (Å²) < 4.78 is 15.7. The van der Waals surface area contributed by atoms with Crippen LogP contribution in [-0.2, 0) is 9.59 Å².